The van der Waals surface area contributed by atoms with Gasteiger partial charge in [0.1, 0.15) is 0 Å². The van der Waals surface area contributed by atoms with E-state index in [9.17, 15) is 4.79 Å². The Morgan fingerprint density at radius 2 is 2.25 bits per heavy atom. The molecule has 0 bridgehead atoms. The van der Waals surface area contributed by atoms with Crippen LogP contribution in [-0.4, -0.2) is 25.6 Å². The van der Waals surface area contributed by atoms with Gasteiger partial charge in [-0.2, -0.15) is 0 Å². The van der Waals surface area contributed by atoms with Crippen LogP contribution in [0, 0.1) is 17.8 Å². The van der Waals surface area contributed by atoms with Crippen LogP contribution >= 0.6 is 0 Å². The van der Waals surface area contributed by atoms with Crippen LogP contribution < -0.4 is 10.8 Å². The van der Waals surface area contributed by atoms with Crippen molar-refractivity contribution < 1.29 is 9.63 Å². The van der Waals surface area contributed by atoms with E-state index in [-0.39, 0.29) is 11.8 Å². The fourth-order valence-electron chi connectivity index (χ4n) is 2.02. The first kappa shape index (κ1) is 8.01. The number of hydroxylamine groups is 1. The van der Waals surface area contributed by atoms with Gasteiger partial charge in [0, 0.05) is 5.92 Å². The summed E-state index contributed by atoms with van der Waals surface area (Å²) in [5.74, 6) is 1.43. The van der Waals surface area contributed by atoms with Gasteiger partial charge in [-0.05, 0) is 31.8 Å². The van der Waals surface area contributed by atoms with Crippen molar-refractivity contribution in [2.75, 3.05) is 19.7 Å². The largest absolute Gasteiger partial charge is 0.316 e. The van der Waals surface area contributed by atoms with Crippen LogP contribution in [0.3, 0.4) is 0 Å². The summed E-state index contributed by atoms with van der Waals surface area (Å²) in [6.07, 6.45) is 0. The zero-order valence-corrected chi connectivity index (χ0v) is 7.17. The maximum atomic E-state index is 11.3. The number of amides is 1. The number of rotatable bonds is 3. The Kier molecular flexibility index (Phi) is 2.02. The Balaban J connectivity index is 1.76. The fraction of sp³-hybridized carbons (Fsp3) is 0.875. The molecule has 1 saturated heterocycles. The third-order valence-electron chi connectivity index (χ3n) is 2.71. The molecule has 0 aromatic carbocycles. The molecule has 1 heterocycles. The molecule has 68 valence electrons. The molecule has 1 saturated carbocycles. The summed E-state index contributed by atoms with van der Waals surface area (Å²) in [6.45, 7) is 4.38. The summed E-state index contributed by atoms with van der Waals surface area (Å²) < 4.78 is 0. The highest BCUT2D eigenvalue weighted by Crippen LogP contribution is 2.48. The van der Waals surface area contributed by atoms with Crippen molar-refractivity contribution in [1.82, 2.24) is 10.8 Å². The van der Waals surface area contributed by atoms with Gasteiger partial charge in [-0.15, -0.1) is 0 Å². The minimum Gasteiger partial charge on any atom is -0.316 e. The zero-order valence-electron chi connectivity index (χ0n) is 7.17. The van der Waals surface area contributed by atoms with Crippen LogP contribution in [0.4, 0.5) is 0 Å². The molecule has 2 N–H and O–H groups in total. The number of carbonyl (C=O) groups excluding carboxylic acids is 1. The molecule has 12 heavy (non-hydrogen) atoms. The Morgan fingerprint density at radius 3 is 2.83 bits per heavy atom. The van der Waals surface area contributed by atoms with Crippen molar-refractivity contribution in [3.63, 3.8) is 0 Å². The third-order valence-corrected chi connectivity index (χ3v) is 2.71. The van der Waals surface area contributed by atoms with Crippen LogP contribution in [0.25, 0.3) is 0 Å². The summed E-state index contributed by atoms with van der Waals surface area (Å²) >= 11 is 0. The lowest BCUT2D eigenvalue weighted by Gasteiger charge is -2.05. The van der Waals surface area contributed by atoms with E-state index in [0.29, 0.717) is 18.4 Å². The van der Waals surface area contributed by atoms with Gasteiger partial charge in [0.2, 0.25) is 5.91 Å². The van der Waals surface area contributed by atoms with Crippen molar-refractivity contribution in [3.05, 3.63) is 0 Å². The summed E-state index contributed by atoms with van der Waals surface area (Å²) in [7, 11) is 0. The predicted octanol–water partition coefficient (Wildman–Crippen LogP) is -0.480. The van der Waals surface area contributed by atoms with Crippen LogP contribution in [0.2, 0.25) is 0 Å². The second-order valence-corrected chi connectivity index (χ2v) is 3.41. The van der Waals surface area contributed by atoms with E-state index >= 15 is 0 Å². The molecule has 0 radical (unpaired) electrons. The summed E-state index contributed by atoms with van der Waals surface area (Å²) in [5.41, 5.74) is 2.46. The minimum atomic E-state index is 0.0633. The van der Waals surface area contributed by atoms with Gasteiger partial charge in [-0.1, -0.05) is 0 Å². The number of nitrogens with one attached hydrogen (secondary N) is 2. The first-order valence-corrected chi connectivity index (χ1v) is 4.47. The molecule has 4 heteroatoms. The Hall–Kier alpha value is -0.610. The molecule has 0 aromatic rings. The van der Waals surface area contributed by atoms with Gasteiger partial charge in [-0.25, -0.2) is 5.48 Å². The van der Waals surface area contributed by atoms with Crippen LogP contribution in [0.15, 0.2) is 0 Å². The molecular formula is C8H14N2O2. The van der Waals surface area contributed by atoms with Gasteiger partial charge in [0.25, 0.3) is 0 Å². The number of hydrogen-bond donors (Lipinski definition) is 2. The molecule has 0 spiro atoms. The average Bonchev–Trinajstić information content (AvgIpc) is 2.56. The summed E-state index contributed by atoms with van der Waals surface area (Å²) in [5, 5.41) is 3.24. The quantitative estimate of drug-likeness (QED) is 0.562. The summed E-state index contributed by atoms with van der Waals surface area (Å²) in [4.78, 5) is 16.2. The third kappa shape index (κ3) is 1.21. The van der Waals surface area contributed by atoms with E-state index in [0.717, 1.165) is 13.1 Å². The van der Waals surface area contributed by atoms with Crippen molar-refractivity contribution in [2.45, 2.75) is 6.92 Å². The Labute approximate surface area is 71.6 Å². The van der Waals surface area contributed by atoms with Crippen molar-refractivity contribution in [1.29, 1.82) is 0 Å². The molecule has 1 aliphatic carbocycles. The number of carbonyl (C=O) groups is 1. The summed E-state index contributed by atoms with van der Waals surface area (Å²) in [6, 6.07) is 0. The molecule has 1 aliphatic heterocycles. The predicted molar refractivity (Wildman–Crippen MR) is 43.1 cm³/mol. The van der Waals surface area contributed by atoms with Gasteiger partial charge in [0.05, 0.1) is 6.61 Å². The molecule has 2 fully saturated rings. The highest BCUT2D eigenvalue weighted by Gasteiger charge is 2.56. The standard InChI is InChI=1S/C8H14N2O2/c1-2-12-10-8(11)7-5-3-9-4-6(5)7/h5-7,9H,2-4H2,1H3,(H,10,11)/t5-,6+,7?. The van der Waals surface area contributed by atoms with Crippen molar-refractivity contribution >= 4 is 5.91 Å². The topological polar surface area (TPSA) is 50.4 Å². The maximum Gasteiger partial charge on any atom is 0.247 e. The number of piperidine rings is 1. The highest BCUT2D eigenvalue weighted by atomic mass is 16.6. The van der Waals surface area contributed by atoms with E-state index in [4.69, 9.17) is 4.84 Å². The van der Waals surface area contributed by atoms with Crippen LogP contribution in [-0.2, 0) is 9.63 Å². The lowest BCUT2D eigenvalue weighted by Crippen LogP contribution is -2.29. The van der Waals surface area contributed by atoms with Crippen LogP contribution in [0.5, 0.6) is 0 Å². The smallest absolute Gasteiger partial charge is 0.247 e. The zero-order chi connectivity index (χ0) is 8.55. The van der Waals surface area contributed by atoms with Crippen molar-refractivity contribution in [2.24, 2.45) is 17.8 Å². The molecule has 1 unspecified atom stereocenters. The Morgan fingerprint density at radius 1 is 1.58 bits per heavy atom. The van der Waals surface area contributed by atoms with Gasteiger partial charge >= 0.3 is 0 Å². The normalized spacial score (nSPS) is 37.6. The lowest BCUT2D eigenvalue weighted by molar-refractivity contribution is -0.135. The monoisotopic (exact) mass is 170 g/mol. The minimum absolute atomic E-state index is 0.0633. The molecule has 0 aromatic heterocycles. The Bertz CT molecular complexity index is 185. The highest BCUT2D eigenvalue weighted by molar-refractivity contribution is 5.81. The molecule has 3 atom stereocenters. The van der Waals surface area contributed by atoms with Gasteiger partial charge in [0.15, 0.2) is 0 Å². The van der Waals surface area contributed by atoms with E-state index in [1.807, 2.05) is 6.92 Å². The second-order valence-electron chi connectivity index (χ2n) is 3.41. The maximum absolute atomic E-state index is 11.3. The SMILES string of the molecule is CCONC(=O)C1[C@H]2CNC[C@@H]12. The van der Waals surface area contributed by atoms with E-state index < -0.39 is 0 Å². The number of hydrogen-bond acceptors (Lipinski definition) is 3. The van der Waals surface area contributed by atoms with E-state index in [2.05, 4.69) is 10.8 Å². The molecule has 2 rings (SSSR count). The first-order valence-electron chi connectivity index (χ1n) is 4.47. The molecule has 4 nitrogen and oxygen atoms in total. The molecule has 1 amide bonds. The average molecular weight is 170 g/mol. The lowest BCUT2D eigenvalue weighted by atomic mass is 10.3. The van der Waals surface area contributed by atoms with E-state index in [1.54, 1.807) is 0 Å². The molecule has 2 aliphatic rings. The van der Waals surface area contributed by atoms with Gasteiger partial charge < -0.3 is 5.32 Å². The fourth-order valence-corrected chi connectivity index (χ4v) is 2.02. The first-order chi connectivity index (χ1) is 5.84. The van der Waals surface area contributed by atoms with Crippen LogP contribution in [0.1, 0.15) is 6.92 Å². The van der Waals surface area contributed by atoms with E-state index in [1.165, 1.54) is 0 Å². The van der Waals surface area contributed by atoms with Gasteiger partial charge in [-0.3, -0.25) is 9.63 Å². The molecular weight excluding hydrogens is 156 g/mol. The number of fused-ring (bicyclic) bond motifs is 1. The second kappa shape index (κ2) is 3.03. The van der Waals surface area contributed by atoms with Crippen molar-refractivity contribution in [3.8, 4) is 0 Å².